The van der Waals surface area contributed by atoms with Gasteiger partial charge in [0.25, 0.3) is 0 Å². The number of rotatable bonds is 58. The summed E-state index contributed by atoms with van der Waals surface area (Å²) in [6.45, 7) is 6.37. The van der Waals surface area contributed by atoms with Gasteiger partial charge in [-0.2, -0.15) is 0 Å². The number of allylic oxidation sites excluding steroid dienone is 26. The van der Waals surface area contributed by atoms with E-state index in [4.69, 9.17) is 14.2 Å². The van der Waals surface area contributed by atoms with Gasteiger partial charge in [-0.3, -0.25) is 14.4 Å². The van der Waals surface area contributed by atoms with Crippen LogP contribution in [0.5, 0.6) is 0 Å². The topological polar surface area (TPSA) is 78.9 Å². The number of hydrogen-bond donors (Lipinski definition) is 0. The van der Waals surface area contributed by atoms with E-state index in [1.807, 2.05) is 0 Å². The van der Waals surface area contributed by atoms with Crippen LogP contribution in [0.1, 0.15) is 278 Å². The van der Waals surface area contributed by atoms with Crippen molar-refractivity contribution in [3.05, 3.63) is 158 Å². The fourth-order valence-electron chi connectivity index (χ4n) is 8.66. The lowest BCUT2D eigenvalue weighted by molar-refractivity contribution is -0.167. The Labute approximate surface area is 499 Å². The predicted molar refractivity (Wildman–Crippen MR) is 352 cm³/mol. The molecule has 0 N–H and O–H groups in total. The average molecular weight is 1120 g/mol. The first kappa shape index (κ1) is 76.0. The molecule has 0 aliphatic carbocycles. The number of carbonyl (C=O) groups excluding carboxylic acids is 3. The van der Waals surface area contributed by atoms with Gasteiger partial charge in [0.05, 0.1) is 0 Å². The smallest absolute Gasteiger partial charge is 0.306 e. The van der Waals surface area contributed by atoms with Crippen molar-refractivity contribution in [2.24, 2.45) is 0 Å². The van der Waals surface area contributed by atoms with Crippen LogP contribution >= 0.6 is 0 Å². The van der Waals surface area contributed by atoms with Crippen LogP contribution in [0, 0.1) is 0 Å². The minimum Gasteiger partial charge on any atom is -0.462 e. The van der Waals surface area contributed by atoms with Gasteiger partial charge in [0.15, 0.2) is 6.10 Å². The van der Waals surface area contributed by atoms with Crippen LogP contribution in [0.4, 0.5) is 0 Å². The average Bonchev–Trinajstić information content (AvgIpc) is 3.47. The molecule has 0 aromatic carbocycles. The number of ether oxygens (including phenoxy) is 3. The summed E-state index contributed by atoms with van der Waals surface area (Å²) in [4.78, 5) is 38.3. The summed E-state index contributed by atoms with van der Waals surface area (Å²) in [6.07, 6.45) is 98.3. The van der Waals surface area contributed by atoms with Crippen LogP contribution in [-0.2, 0) is 28.6 Å². The Balaban J connectivity index is 4.38. The van der Waals surface area contributed by atoms with Gasteiger partial charge < -0.3 is 14.2 Å². The van der Waals surface area contributed by atoms with Crippen LogP contribution < -0.4 is 0 Å². The van der Waals surface area contributed by atoms with E-state index in [1.165, 1.54) is 77.0 Å². The van der Waals surface area contributed by atoms with E-state index >= 15 is 0 Å². The molecule has 6 heteroatoms. The Bertz CT molecular complexity index is 1810. The van der Waals surface area contributed by atoms with Crippen molar-refractivity contribution in [3.63, 3.8) is 0 Å². The molecular formula is C75H120O6. The lowest BCUT2D eigenvalue weighted by Gasteiger charge is -2.18. The van der Waals surface area contributed by atoms with E-state index in [0.29, 0.717) is 19.3 Å². The molecule has 0 radical (unpaired) electrons. The van der Waals surface area contributed by atoms with Crippen LogP contribution in [0.3, 0.4) is 0 Å². The normalized spacial score (nSPS) is 13.2. The van der Waals surface area contributed by atoms with Crippen molar-refractivity contribution in [3.8, 4) is 0 Å². The number of esters is 3. The van der Waals surface area contributed by atoms with E-state index in [1.54, 1.807) is 0 Å². The van der Waals surface area contributed by atoms with E-state index in [9.17, 15) is 14.4 Å². The summed E-state index contributed by atoms with van der Waals surface area (Å²) in [5.74, 6) is -0.966. The van der Waals surface area contributed by atoms with Crippen molar-refractivity contribution < 1.29 is 28.6 Å². The maximum atomic E-state index is 12.9. The van der Waals surface area contributed by atoms with E-state index in [0.717, 1.165) is 154 Å². The second kappa shape index (κ2) is 67.5. The van der Waals surface area contributed by atoms with Crippen LogP contribution in [0.15, 0.2) is 158 Å². The highest BCUT2D eigenvalue weighted by molar-refractivity contribution is 5.71. The first-order valence-electron chi connectivity index (χ1n) is 33.0. The van der Waals surface area contributed by atoms with Gasteiger partial charge in [0, 0.05) is 19.3 Å². The summed E-state index contributed by atoms with van der Waals surface area (Å²) < 4.78 is 16.9. The molecule has 0 aromatic heterocycles. The highest BCUT2D eigenvalue weighted by atomic mass is 16.6. The molecule has 81 heavy (non-hydrogen) atoms. The molecule has 0 saturated heterocycles. The zero-order valence-corrected chi connectivity index (χ0v) is 52.2. The SMILES string of the molecule is CC/C=C\C/C=C\C/C=C\C/C=C\C/C=C\C/C=C\C/C=C\C/C=C\C/C=C\CCCCCCCC(=O)OCC(COC(=O)CCCCCCCCCCCCCCCCC)OC(=O)CCCC/C=C\C/C=C\C/C=C\C/C=C\CC. The Morgan fingerprint density at radius 3 is 0.778 bits per heavy atom. The zero-order valence-electron chi connectivity index (χ0n) is 52.2. The van der Waals surface area contributed by atoms with Gasteiger partial charge in [0.2, 0.25) is 0 Å². The molecule has 1 atom stereocenters. The van der Waals surface area contributed by atoms with Crippen molar-refractivity contribution in [2.45, 2.75) is 284 Å². The molecule has 6 nitrogen and oxygen atoms in total. The molecule has 456 valence electrons. The molecule has 0 amide bonds. The largest absolute Gasteiger partial charge is 0.462 e. The molecule has 0 rings (SSSR count). The minimum absolute atomic E-state index is 0.104. The summed E-state index contributed by atoms with van der Waals surface area (Å²) in [6, 6.07) is 0. The summed E-state index contributed by atoms with van der Waals surface area (Å²) in [5.41, 5.74) is 0. The quantitative estimate of drug-likeness (QED) is 0.0261. The number of hydrogen-bond acceptors (Lipinski definition) is 6. The van der Waals surface area contributed by atoms with E-state index < -0.39 is 6.10 Å². The molecule has 0 saturated carbocycles. The third kappa shape index (κ3) is 65.7. The Kier molecular flexibility index (Phi) is 63.4. The zero-order chi connectivity index (χ0) is 58.5. The van der Waals surface area contributed by atoms with Gasteiger partial charge in [-0.15, -0.1) is 0 Å². The van der Waals surface area contributed by atoms with Crippen LogP contribution in [0.25, 0.3) is 0 Å². The Hall–Kier alpha value is -4.97. The summed E-state index contributed by atoms with van der Waals surface area (Å²) >= 11 is 0. The highest BCUT2D eigenvalue weighted by Gasteiger charge is 2.19. The maximum absolute atomic E-state index is 12.9. The second-order valence-electron chi connectivity index (χ2n) is 21.3. The summed E-state index contributed by atoms with van der Waals surface area (Å²) in [7, 11) is 0. The first-order chi connectivity index (χ1) is 40.0. The molecule has 0 bridgehead atoms. The van der Waals surface area contributed by atoms with Crippen LogP contribution in [-0.4, -0.2) is 37.2 Å². The van der Waals surface area contributed by atoms with E-state index in [-0.39, 0.29) is 37.5 Å². The van der Waals surface area contributed by atoms with Gasteiger partial charge in [-0.05, 0) is 128 Å². The third-order valence-electron chi connectivity index (χ3n) is 13.5. The molecule has 0 aliphatic rings. The molecule has 0 fully saturated rings. The predicted octanol–water partition coefficient (Wildman–Crippen LogP) is 22.9. The second-order valence-corrected chi connectivity index (χ2v) is 21.3. The molecule has 1 unspecified atom stereocenters. The van der Waals surface area contributed by atoms with Gasteiger partial charge in [-0.1, -0.05) is 288 Å². The van der Waals surface area contributed by atoms with Gasteiger partial charge in [-0.25, -0.2) is 0 Å². The lowest BCUT2D eigenvalue weighted by atomic mass is 10.0. The monoisotopic (exact) mass is 1120 g/mol. The highest BCUT2D eigenvalue weighted by Crippen LogP contribution is 2.15. The fraction of sp³-hybridized carbons (Fsp3) is 0.613. The standard InChI is InChI=1S/C75H120O6/c1-4-7-10-13-16-19-22-25-28-29-30-31-32-33-34-35-36-37-38-39-40-41-42-43-44-45-48-50-53-56-59-62-65-68-74(77)80-71-72(81-75(78)69-66-63-60-57-54-51-47-27-24-21-18-15-12-9-6-3)70-79-73(76)67-64-61-58-55-52-49-46-26-23-20-17-14-11-8-5-2/h7,9-10,12,16,18-19,21,25,27-28,30-31,33-34,36-37,39-40,42-43,45,47-48,54,57,72H,4-6,8,11,13-15,17,20,22-24,26,29,32,35,38,41,44,46,49-53,55-56,58-71H2,1-3H3/b10-7-,12-9-,19-16-,21-18-,28-25-,31-30-,34-33-,37-36-,40-39-,43-42-,47-27-,48-45-,57-54-. The maximum Gasteiger partial charge on any atom is 0.306 e. The third-order valence-corrected chi connectivity index (χ3v) is 13.5. The molecule has 0 spiro atoms. The van der Waals surface area contributed by atoms with Crippen molar-refractivity contribution in [2.75, 3.05) is 13.2 Å². The number of carbonyl (C=O) groups is 3. The molecule has 0 heterocycles. The molecule has 0 aromatic rings. The van der Waals surface area contributed by atoms with Gasteiger partial charge >= 0.3 is 17.9 Å². The fourth-order valence-corrected chi connectivity index (χ4v) is 8.66. The Morgan fingerprint density at radius 2 is 0.481 bits per heavy atom. The lowest BCUT2D eigenvalue weighted by Crippen LogP contribution is -2.30. The van der Waals surface area contributed by atoms with E-state index in [2.05, 4.69) is 179 Å². The summed E-state index contributed by atoms with van der Waals surface area (Å²) in [5, 5.41) is 0. The number of unbranched alkanes of at least 4 members (excludes halogenated alkanes) is 21. The van der Waals surface area contributed by atoms with Crippen molar-refractivity contribution in [1.82, 2.24) is 0 Å². The molecule has 0 aliphatic heterocycles. The first-order valence-corrected chi connectivity index (χ1v) is 33.0. The molecular weight excluding hydrogens is 997 g/mol. The van der Waals surface area contributed by atoms with Crippen molar-refractivity contribution >= 4 is 17.9 Å². The van der Waals surface area contributed by atoms with Crippen LogP contribution in [0.2, 0.25) is 0 Å². The van der Waals surface area contributed by atoms with Gasteiger partial charge in [0.1, 0.15) is 13.2 Å². The van der Waals surface area contributed by atoms with Crippen molar-refractivity contribution in [1.29, 1.82) is 0 Å². The Morgan fingerprint density at radius 1 is 0.259 bits per heavy atom. The minimum atomic E-state index is -0.814.